The van der Waals surface area contributed by atoms with Crippen molar-refractivity contribution in [3.63, 3.8) is 0 Å². The highest BCUT2D eigenvalue weighted by atomic mass is 19.4. The molecule has 0 aromatic heterocycles. The first-order valence-corrected chi connectivity index (χ1v) is 6.55. The smallest absolute Gasteiger partial charge is 0.335 e. The predicted molar refractivity (Wildman–Crippen MR) is 61.0 cm³/mol. The first-order chi connectivity index (χ1) is 8.48. The van der Waals surface area contributed by atoms with Gasteiger partial charge in [0.15, 0.2) is 0 Å². The summed E-state index contributed by atoms with van der Waals surface area (Å²) in [6, 6.07) is 0. The number of alkyl halides is 3. The van der Waals surface area contributed by atoms with Gasteiger partial charge in [0.05, 0.1) is 0 Å². The Morgan fingerprint density at radius 2 is 1.78 bits per heavy atom. The number of hydrogen-bond acceptors (Lipinski definition) is 2. The third-order valence-electron chi connectivity index (χ3n) is 4.04. The van der Waals surface area contributed by atoms with Crippen LogP contribution in [-0.2, 0) is 4.79 Å². The molecule has 0 bridgehead atoms. The van der Waals surface area contributed by atoms with Gasteiger partial charge in [-0.1, -0.05) is 0 Å². The van der Waals surface area contributed by atoms with Gasteiger partial charge in [0.2, 0.25) is 0 Å². The molecule has 0 spiro atoms. The molecule has 2 fully saturated rings. The van der Waals surface area contributed by atoms with Crippen LogP contribution in [0.2, 0.25) is 0 Å². The van der Waals surface area contributed by atoms with Crippen LogP contribution in [0.25, 0.3) is 0 Å². The van der Waals surface area contributed by atoms with Crippen LogP contribution >= 0.6 is 0 Å². The van der Waals surface area contributed by atoms with E-state index in [4.69, 9.17) is 0 Å². The van der Waals surface area contributed by atoms with Gasteiger partial charge in [-0.2, -0.15) is 13.2 Å². The molecule has 104 valence electrons. The molecule has 1 N–H and O–H groups in total. The summed E-state index contributed by atoms with van der Waals surface area (Å²) in [7, 11) is 0. The quantitative estimate of drug-likeness (QED) is 0.783. The van der Waals surface area contributed by atoms with E-state index in [1.54, 1.807) is 0 Å². The Labute approximate surface area is 105 Å². The largest absolute Gasteiger partial charge is 0.471 e. The van der Waals surface area contributed by atoms with Crippen LogP contribution in [0.4, 0.5) is 13.2 Å². The van der Waals surface area contributed by atoms with Gasteiger partial charge in [-0.3, -0.25) is 4.79 Å². The standard InChI is InChI=1S/C12H19F3N2O/c13-12(14,15)11(18)17-7-1-2-10(8-17)9-3-5-16-6-4-9/h9-10,16H,1-8H2/t10-/m1/s1. The van der Waals surface area contributed by atoms with Crippen molar-refractivity contribution >= 4 is 5.91 Å². The highest BCUT2D eigenvalue weighted by Gasteiger charge is 2.44. The van der Waals surface area contributed by atoms with Crippen molar-refractivity contribution in [2.75, 3.05) is 26.2 Å². The molecule has 6 heteroatoms. The van der Waals surface area contributed by atoms with Crippen molar-refractivity contribution in [2.45, 2.75) is 31.9 Å². The lowest BCUT2D eigenvalue weighted by molar-refractivity contribution is -0.187. The molecule has 1 amide bonds. The molecule has 0 radical (unpaired) electrons. The first kappa shape index (κ1) is 13.6. The summed E-state index contributed by atoms with van der Waals surface area (Å²) < 4.78 is 37.2. The summed E-state index contributed by atoms with van der Waals surface area (Å²) in [4.78, 5) is 12.2. The highest BCUT2D eigenvalue weighted by molar-refractivity contribution is 5.81. The Balaban J connectivity index is 1.93. The normalized spacial score (nSPS) is 27.3. The number of carbonyl (C=O) groups excluding carboxylic acids is 1. The van der Waals surface area contributed by atoms with Gasteiger partial charge in [0.1, 0.15) is 0 Å². The molecule has 1 atom stereocenters. The van der Waals surface area contributed by atoms with E-state index in [9.17, 15) is 18.0 Å². The maximum absolute atomic E-state index is 12.4. The molecular formula is C12H19F3N2O. The minimum atomic E-state index is -4.73. The van der Waals surface area contributed by atoms with E-state index in [1.807, 2.05) is 0 Å². The van der Waals surface area contributed by atoms with E-state index in [2.05, 4.69) is 5.32 Å². The fourth-order valence-corrected chi connectivity index (χ4v) is 3.07. The second-order valence-electron chi connectivity index (χ2n) is 5.24. The van der Waals surface area contributed by atoms with E-state index in [1.165, 1.54) is 0 Å². The molecule has 0 unspecified atom stereocenters. The highest BCUT2D eigenvalue weighted by Crippen LogP contribution is 2.31. The second kappa shape index (κ2) is 5.47. The summed E-state index contributed by atoms with van der Waals surface area (Å²) >= 11 is 0. The van der Waals surface area contributed by atoms with Gasteiger partial charge in [-0.15, -0.1) is 0 Å². The Morgan fingerprint density at radius 3 is 2.39 bits per heavy atom. The fraction of sp³-hybridized carbons (Fsp3) is 0.917. The number of nitrogens with one attached hydrogen (secondary N) is 1. The van der Waals surface area contributed by atoms with Crippen molar-refractivity contribution in [3.8, 4) is 0 Å². The number of rotatable bonds is 1. The lowest BCUT2D eigenvalue weighted by Crippen LogP contribution is -2.48. The van der Waals surface area contributed by atoms with E-state index < -0.39 is 12.1 Å². The third-order valence-corrected chi connectivity index (χ3v) is 4.04. The number of nitrogens with zero attached hydrogens (tertiary/aromatic N) is 1. The molecule has 2 aliphatic heterocycles. The van der Waals surface area contributed by atoms with Gasteiger partial charge in [0, 0.05) is 13.1 Å². The summed E-state index contributed by atoms with van der Waals surface area (Å²) in [6.45, 7) is 2.41. The number of halogens is 3. The van der Waals surface area contributed by atoms with Crippen LogP contribution in [0.1, 0.15) is 25.7 Å². The van der Waals surface area contributed by atoms with Gasteiger partial charge in [-0.05, 0) is 50.6 Å². The number of carbonyl (C=O) groups is 1. The molecule has 0 aromatic rings. The molecular weight excluding hydrogens is 245 g/mol. The van der Waals surface area contributed by atoms with Crippen LogP contribution in [0.5, 0.6) is 0 Å². The maximum atomic E-state index is 12.4. The Hall–Kier alpha value is -0.780. The van der Waals surface area contributed by atoms with E-state index in [0.29, 0.717) is 12.3 Å². The Kier molecular flexibility index (Phi) is 4.14. The minimum absolute atomic E-state index is 0.243. The summed E-state index contributed by atoms with van der Waals surface area (Å²) in [5, 5.41) is 3.25. The maximum Gasteiger partial charge on any atom is 0.471 e. The van der Waals surface area contributed by atoms with Gasteiger partial charge < -0.3 is 10.2 Å². The SMILES string of the molecule is O=C(N1CCC[C@@H](C2CCNCC2)C1)C(F)(F)F. The minimum Gasteiger partial charge on any atom is -0.335 e. The first-order valence-electron chi connectivity index (χ1n) is 6.55. The van der Waals surface area contributed by atoms with E-state index in [0.717, 1.165) is 37.3 Å². The molecule has 2 heterocycles. The molecule has 0 saturated carbocycles. The van der Waals surface area contributed by atoms with Crippen LogP contribution < -0.4 is 5.32 Å². The zero-order chi connectivity index (χ0) is 13.2. The Bertz CT molecular complexity index is 300. The number of amides is 1. The van der Waals surface area contributed by atoms with Gasteiger partial charge in [0.25, 0.3) is 0 Å². The van der Waals surface area contributed by atoms with Crippen molar-refractivity contribution in [3.05, 3.63) is 0 Å². The fourth-order valence-electron chi connectivity index (χ4n) is 3.07. The predicted octanol–water partition coefficient (Wildman–Crippen LogP) is 1.79. The van der Waals surface area contributed by atoms with E-state index >= 15 is 0 Å². The number of likely N-dealkylation sites (tertiary alicyclic amines) is 1. The van der Waals surface area contributed by atoms with Crippen LogP contribution in [0, 0.1) is 11.8 Å². The monoisotopic (exact) mass is 264 g/mol. The Morgan fingerprint density at radius 1 is 1.11 bits per heavy atom. The zero-order valence-electron chi connectivity index (χ0n) is 10.3. The van der Waals surface area contributed by atoms with E-state index in [-0.39, 0.29) is 19.0 Å². The average molecular weight is 264 g/mol. The van der Waals surface area contributed by atoms with Crippen molar-refractivity contribution in [2.24, 2.45) is 11.8 Å². The number of piperidine rings is 2. The summed E-state index contributed by atoms with van der Waals surface area (Å²) in [5.74, 6) is -0.955. The third kappa shape index (κ3) is 3.16. The lowest BCUT2D eigenvalue weighted by atomic mass is 9.80. The average Bonchev–Trinajstić information content (AvgIpc) is 2.38. The molecule has 2 rings (SSSR count). The van der Waals surface area contributed by atoms with Gasteiger partial charge in [-0.25, -0.2) is 0 Å². The van der Waals surface area contributed by atoms with Crippen LogP contribution in [0.3, 0.4) is 0 Å². The van der Waals surface area contributed by atoms with Gasteiger partial charge >= 0.3 is 12.1 Å². The summed E-state index contributed by atoms with van der Waals surface area (Å²) in [6.07, 6.45) is -1.06. The molecule has 3 nitrogen and oxygen atoms in total. The van der Waals surface area contributed by atoms with Crippen molar-refractivity contribution in [1.29, 1.82) is 0 Å². The second-order valence-corrected chi connectivity index (χ2v) is 5.24. The topological polar surface area (TPSA) is 32.3 Å². The summed E-state index contributed by atoms with van der Waals surface area (Å²) in [5.41, 5.74) is 0. The lowest BCUT2D eigenvalue weighted by Gasteiger charge is -2.38. The van der Waals surface area contributed by atoms with Crippen LogP contribution in [0.15, 0.2) is 0 Å². The van der Waals surface area contributed by atoms with Crippen molar-refractivity contribution < 1.29 is 18.0 Å². The molecule has 0 aromatic carbocycles. The molecule has 2 aliphatic rings. The molecule has 0 aliphatic carbocycles. The van der Waals surface area contributed by atoms with Crippen LogP contribution in [-0.4, -0.2) is 43.2 Å². The number of hydrogen-bond donors (Lipinski definition) is 1. The molecule has 2 saturated heterocycles. The zero-order valence-corrected chi connectivity index (χ0v) is 10.3. The molecule has 18 heavy (non-hydrogen) atoms. The van der Waals surface area contributed by atoms with Crippen molar-refractivity contribution in [1.82, 2.24) is 10.2 Å².